The van der Waals surface area contributed by atoms with Gasteiger partial charge in [-0.3, -0.25) is 14.2 Å². The number of Topliss-reactive ketones (excluding diaryl/α,β-unsaturated/α-hetero) is 1. The molecule has 1 aromatic heterocycles. The van der Waals surface area contributed by atoms with Crippen LogP contribution in [0.25, 0.3) is 5.69 Å². The Morgan fingerprint density at radius 2 is 1.82 bits per heavy atom. The second-order valence-electron chi connectivity index (χ2n) is 8.50. The van der Waals surface area contributed by atoms with Gasteiger partial charge in [-0.15, -0.1) is 10.2 Å². The van der Waals surface area contributed by atoms with Gasteiger partial charge in [0.1, 0.15) is 11.6 Å². The van der Waals surface area contributed by atoms with Gasteiger partial charge in [0.2, 0.25) is 5.91 Å². The third-order valence-electron chi connectivity index (χ3n) is 5.23. The number of rotatable bonds is 12. The highest BCUT2D eigenvalue weighted by Gasteiger charge is 2.19. The van der Waals surface area contributed by atoms with Crippen LogP contribution in [-0.4, -0.2) is 45.9 Å². The molecule has 0 atom stereocenters. The van der Waals surface area contributed by atoms with Crippen molar-refractivity contribution < 1.29 is 14.3 Å². The van der Waals surface area contributed by atoms with Crippen molar-refractivity contribution in [2.24, 2.45) is 5.92 Å². The molecule has 2 aromatic carbocycles. The summed E-state index contributed by atoms with van der Waals surface area (Å²) in [5.41, 5.74) is 2.75. The third kappa shape index (κ3) is 6.93. The molecule has 8 heteroatoms. The minimum absolute atomic E-state index is 0.0443. The number of aryl methyl sites for hydroxylation is 1. The number of hydrogen-bond donors (Lipinski definition) is 1. The number of ether oxygens (including phenoxy) is 1. The van der Waals surface area contributed by atoms with Gasteiger partial charge in [0.05, 0.1) is 18.6 Å². The van der Waals surface area contributed by atoms with Crippen LogP contribution in [-0.2, 0) is 17.6 Å². The number of thioether (sulfide) groups is 1. The Hall–Kier alpha value is -3.13. The fourth-order valence-corrected chi connectivity index (χ4v) is 4.49. The Balaban J connectivity index is 1.77. The monoisotopic (exact) mass is 480 g/mol. The van der Waals surface area contributed by atoms with Crippen LogP contribution >= 0.6 is 11.8 Å². The summed E-state index contributed by atoms with van der Waals surface area (Å²) in [5, 5.41) is 12.2. The summed E-state index contributed by atoms with van der Waals surface area (Å²) < 4.78 is 7.50. The van der Waals surface area contributed by atoms with E-state index in [1.165, 1.54) is 24.2 Å². The van der Waals surface area contributed by atoms with Crippen LogP contribution in [0.15, 0.2) is 53.7 Å². The molecule has 0 radical (unpaired) electrons. The maximum atomic E-state index is 12.9. The van der Waals surface area contributed by atoms with Crippen LogP contribution < -0.4 is 10.1 Å². The summed E-state index contributed by atoms with van der Waals surface area (Å²) in [6.07, 6.45) is 2.34. The molecule has 0 aliphatic heterocycles. The topological polar surface area (TPSA) is 86.1 Å². The molecule has 0 saturated heterocycles. The summed E-state index contributed by atoms with van der Waals surface area (Å²) in [6.45, 7) is 6.42. The number of hydrogen-bond acceptors (Lipinski definition) is 6. The summed E-state index contributed by atoms with van der Waals surface area (Å²) in [4.78, 5) is 24.0. The number of carbonyl (C=O) groups is 2. The van der Waals surface area contributed by atoms with Gasteiger partial charge < -0.3 is 10.1 Å². The van der Waals surface area contributed by atoms with Crippen LogP contribution in [0.3, 0.4) is 0 Å². The lowest BCUT2D eigenvalue weighted by atomic mass is 10.0. The van der Waals surface area contributed by atoms with Gasteiger partial charge in [-0.2, -0.15) is 0 Å². The minimum Gasteiger partial charge on any atom is -0.495 e. The molecule has 0 bridgehead atoms. The maximum absolute atomic E-state index is 12.9. The van der Waals surface area contributed by atoms with Crippen molar-refractivity contribution in [3.8, 4) is 11.4 Å². The lowest BCUT2D eigenvalue weighted by molar-refractivity contribution is -0.118. The van der Waals surface area contributed by atoms with E-state index in [-0.39, 0.29) is 17.4 Å². The summed E-state index contributed by atoms with van der Waals surface area (Å²) in [7, 11) is 1.62. The number of para-hydroxylation sites is 2. The predicted molar refractivity (Wildman–Crippen MR) is 135 cm³/mol. The van der Waals surface area contributed by atoms with Crippen LogP contribution in [0.5, 0.6) is 5.75 Å². The van der Waals surface area contributed by atoms with E-state index in [1.807, 2.05) is 53.1 Å². The molecular formula is C26H32N4O3S. The quantitative estimate of drug-likeness (QED) is 0.233. The molecule has 0 fully saturated rings. The summed E-state index contributed by atoms with van der Waals surface area (Å²) >= 11 is 1.36. The van der Waals surface area contributed by atoms with Crippen molar-refractivity contribution >= 4 is 23.5 Å². The van der Waals surface area contributed by atoms with E-state index >= 15 is 0 Å². The van der Waals surface area contributed by atoms with Gasteiger partial charge in [0.25, 0.3) is 0 Å². The average Bonchev–Trinajstić information content (AvgIpc) is 3.22. The number of nitrogens with one attached hydrogen (secondary N) is 1. The van der Waals surface area contributed by atoms with Gasteiger partial charge in [0.15, 0.2) is 10.9 Å². The Labute approximate surface area is 205 Å². The van der Waals surface area contributed by atoms with Crippen LogP contribution in [0.1, 0.15) is 48.9 Å². The second kappa shape index (κ2) is 12.4. The van der Waals surface area contributed by atoms with Gasteiger partial charge in [-0.25, -0.2) is 0 Å². The first kappa shape index (κ1) is 25.5. The van der Waals surface area contributed by atoms with E-state index in [1.54, 1.807) is 7.11 Å². The van der Waals surface area contributed by atoms with Crippen LogP contribution in [0, 0.1) is 5.92 Å². The lowest BCUT2D eigenvalue weighted by Crippen LogP contribution is -2.21. The molecule has 0 aliphatic carbocycles. The normalized spacial score (nSPS) is 11.0. The Morgan fingerprint density at radius 1 is 1.09 bits per heavy atom. The van der Waals surface area contributed by atoms with Crippen molar-refractivity contribution in [3.63, 3.8) is 0 Å². The van der Waals surface area contributed by atoms with Crippen molar-refractivity contribution in [3.05, 3.63) is 65.5 Å². The van der Waals surface area contributed by atoms with Crippen LogP contribution in [0.4, 0.5) is 0 Å². The fraction of sp³-hybridized carbons (Fsp3) is 0.385. The average molecular weight is 481 g/mol. The highest BCUT2D eigenvalue weighted by molar-refractivity contribution is 7.99. The van der Waals surface area contributed by atoms with Crippen molar-refractivity contribution in [2.45, 2.75) is 45.2 Å². The zero-order chi connectivity index (χ0) is 24.5. The largest absolute Gasteiger partial charge is 0.495 e. The molecule has 1 N–H and O–H groups in total. The Morgan fingerprint density at radius 3 is 2.50 bits per heavy atom. The number of aromatic nitrogens is 3. The van der Waals surface area contributed by atoms with Crippen molar-refractivity contribution in [1.82, 2.24) is 20.1 Å². The zero-order valence-electron chi connectivity index (χ0n) is 20.2. The standard InChI is InChI=1S/C26H32N4O3S/c1-18(2)16-20-11-13-21(14-12-20)23(32)17-34-26-29-28-25(10-7-15-27-19(3)31)30(26)22-8-5-6-9-24(22)33-4/h5-6,8-9,11-14,18H,7,10,15-17H2,1-4H3,(H,27,31). The van der Waals surface area contributed by atoms with Crippen LogP contribution in [0.2, 0.25) is 0 Å². The Kier molecular flexibility index (Phi) is 9.27. The van der Waals surface area contributed by atoms with E-state index in [9.17, 15) is 9.59 Å². The number of nitrogens with zero attached hydrogens (tertiary/aromatic N) is 3. The molecule has 3 rings (SSSR count). The third-order valence-corrected chi connectivity index (χ3v) is 6.16. The molecule has 0 unspecified atom stereocenters. The number of ketones is 1. The minimum atomic E-state index is -0.0572. The first-order chi connectivity index (χ1) is 16.4. The van der Waals surface area contributed by atoms with Gasteiger partial charge in [0, 0.05) is 25.5 Å². The molecule has 0 aliphatic rings. The molecule has 34 heavy (non-hydrogen) atoms. The molecule has 1 heterocycles. The predicted octanol–water partition coefficient (Wildman–Crippen LogP) is 4.52. The number of amides is 1. The molecule has 3 aromatic rings. The van der Waals surface area contributed by atoms with E-state index < -0.39 is 0 Å². The first-order valence-electron chi connectivity index (χ1n) is 11.5. The molecule has 1 amide bonds. The molecule has 0 spiro atoms. The summed E-state index contributed by atoms with van der Waals surface area (Å²) in [6, 6.07) is 15.5. The van der Waals surface area contributed by atoms with Crippen molar-refractivity contribution in [1.29, 1.82) is 0 Å². The second-order valence-corrected chi connectivity index (χ2v) is 9.44. The molecule has 0 saturated carbocycles. The van der Waals surface area contributed by atoms with E-state index in [0.717, 1.165) is 24.4 Å². The summed E-state index contributed by atoms with van der Waals surface area (Å²) in [5.74, 6) is 2.26. The maximum Gasteiger partial charge on any atom is 0.216 e. The van der Waals surface area contributed by atoms with E-state index in [0.29, 0.717) is 35.4 Å². The highest BCUT2D eigenvalue weighted by atomic mass is 32.2. The van der Waals surface area contributed by atoms with Gasteiger partial charge in [-0.1, -0.05) is 62.0 Å². The van der Waals surface area contributed by atoms with Gasteiger partial charge in [-0.05, 0) is 36.5 Å². The van der Waals surface area contributed by atoms with E-state index in [4.69, 9.17) is 4.74 Å². The SMILES string of the molecule is COc1ccccc1-n1c(CCCNC(C)=O)nnc1SCC(=O)c1ccc(CC(C)C)cc1. The number of benzene rings is 2. The Bertz CT molecular complexity index is 1110. The smallest absolute Gasteiger partial charge is 0.216 e. The van der Waals surface area contributed by atoms with Crippen molar-refractivity contribution in [2.75, 3.05) is 19.4 Å². The fourth-order valence-electron chi connectivity index (χ4n) is 3.63. The molecule has 7 nitrogen and oxygen atoms in total. The first-order valence-corrected chi connectivity index (χ1v) is 12.4. The molecule has 180 valence electrons. The van der Waals surface area contributed by atoms with Gasteiger partial charge >= 0.3 is 0 Å². The highest BCUT2D eigenvalue weighted by Crippen LogP contribution is 2.29. The molecular weight excluding hydrogens is 448 g/mol. The van der Waals surface area contributed by atoms with E-state index in [2.05, 4.69) is 29.4 Å². The lowest BCUT2D eigenvalue weighted by Gasteiger charge is -2.14. The number of carbonyl (C=O) groups excluding carboxylic acids is 2. The number of methoxy groups -OCH3 is 1. The zero-order valence-corrected chi connectivity index (χ0v) is 21.0.